The highest BCUT2D eigenvalue weighted by molar-refractivity contribution is 5.92. The molecule has 5 nitrogen and oxygen atoms in total. The van der Waals surface area contributed by atoms with Crippen LogP contribution in [-0.2, 0) is 17.7 Å². The Bertz CT molecular complexity index is 573. The number of hydrogen-bond acceptors (Lipinski definition) is 4. The first kappa shape index (κ1) is 13.1. The van der Waals surface area contributed by atoms with E-state index in [1.165, 1.54) is 12.7 Å². The molecule has 0 radical (unpaired) electrons. The van der Waals surface area contributed by atoms with E-state index < -0.39 is 5.97 Å². The number of carbonyl (C=O) groups is 1. The fourth-order valence-electron chi connectivity index (χ4n) is 1.84. The van der Waals surface area contributed by atoms with Gasteiger partial charge in [0.1, 0.15) is 0 Å². The van der Waals surface area contributed by atoms with Gasteiger partial charge in [0.15, 0.2) is 5.69 Å². The minimum Gasteiger partial charge on any atom is -0.464 e. The maximum atomic E-state index is 11.4. The van der Waals surface area contributed by atoms with E-state index >= 15 is 0 Å². The number of rotatable bonds is 4. The summed E-state index contributed by atoms with van der Waals surface area (Å²) in [5, 5.41) is 4.14. The second-order valence-electron chi connectivity index (χ2n) is 4.29. The van der Waals surface area contributed by atoms with Crippen molar-refractivity contribution >= 4 is 11.7 Å². The van der Waals surface area contributed by atoms with Crippen LogP contribution in [0, 0.1) is 0 Å². The van der Waals surface area contributed by atoms with Crippen molar-refractivity contribution in [3.05, 3.63) is 47.3 Å². The molecule has 2 aromatic rings. The van der Waals surface area contributed by atoms with Crippen LogP contribution in [0.5, 0.6) is 0 Å². The Kier molecular flexibility index (Phi) is 3.85. The molecule has 0 saturated heterocycles. The second-order valence-corrected chi connectivity index (χ2v) is 4.29. The van der Waals surface area contributed by atoms with Gasteiger partial charge in [-0.1, -0.05) is 31.2 Å². The summed E-state index contributed by atoms with van der Waals surface area (Å²) in [6.07, 6.45) is 2.65. The molecule has 0 saturated carbocycles. The van der Waals surface area contributed by atoms with E-state index in [0.29, 0.717) is 12.2 Å². The van der Waals surface area contributed by atoms with Crippen LogP contribution in [0.1, 0.15) is 28.5 Å². The van der Waals surface area contributed by atoms with Gasteiger partial charge in [-0.25, -0.2) is 4.79 Å². The second kappa shape index (κ2) is 5.56. The van der Waals surface area contributed by atoms with Gasteiger partial charge in [0.05, 0.1) is 19.3 Å². The van der Waals surface area contributed by atoms with Crippen LogP contribution >= 0.6 is 0 Å². The maximum absolute atomic E-state index is 11.4. The van der Waals surface area contributed by atoms with Crippen molar-refractivity contribution in [2.75, 3.05) is 12.8 Å². The number of methoxy groups -OCH3 is 1. The Hall–Kier alpha value is -2.30. The number of anilines is 1. The van der Waals surface area contributed by atoms with E-state index in [0.717, 1.165) is 12.0 Å². The normalized spacial score (nSPS) is 10.4. The summed E-state index contributed by atoms with van der Waals surface area (Å²) in [6.45, 7) is 2.69. The molecule has 0 aliphatic carbocycles. The zero-order valence-electron chi connectivity index (χ0n) is 11.1. The highest BCUT2D eigenvalue weighted by atomic mass is 16.5. The third-order valence-electron chi connectivity index (χ3n) is 2.94. The van der Waals surface area contributed by atoms with Gasteiger partial charge in [-0.2, -0.15) is 5.10 Å². The third kappa shape index (κ3) is 2.93. The molecule has 1 aromatic carbocycles. The molecule has 2 rings (SSSR count). The van der Waals surface area contributed by atoms with Gasteiger partial charge >= 0.3 is 5.97 Å². The lowest BCUT2D eigenvalue weighted by atomic mass is 10.1. The zero-order valence-corrected chi connectivity index (χ0v) is 11.1. The largest absolute Gasteiger partial charge is 0.464 e. The van der Waals surface area contributed by atoms with Crippen LogP contribution in [-0.4, -0.2) is 22.9 Å². The van der Waals surface area contributed by atoms with Crippen LogP contribution in [0.25, 0.3) is 0 Å². The SMILES string of the molecule is CCc1ccc(Cn2cc(N)c(C(=O)OC)n2)cc1. The van der Waals surface area contributed by atoms with Gasteiger partial charge in [-0.3, -0.25) is 4.68 Å². The number of nitrogens with two attached hydrogens (primary N) is 1. The van der Waals surface area contributed by atoms with E-state index in [-0.39, 0.29) is 5.69 Å². The van der Waals surface area contributed by atoms with Crippen LogP contribution in [0.4, 0.5) is 5.69 Å². The van der Waals surface area contributed by atoms with Crippen LogP contribution in [0.15, 0.2) is 30.5 Å². The average Bonchev–Trinajstić information content (AvgIpc) is 2.79. The predicted molar refractivity (Wildman–Crippen MR) is 72.9 cm³/mol. The molecular formula is C14H17N3O2. The molecule has 0 aliphatic rings. The Labute approximate surface area is 112 Å². The van der Waals surface area contributed by atoms with E-state index in [9.17, 15) is 4.79 Å². The fourth-order valence-corrected chi connectivity index (χ4v) is 1.84. The van der Waals surface area contributed by atoms with Crippen molar-refractivity contribution in [3.8, 4) is 0 Å². The van der Waals surface area contributed by atoms with Crippen molar-refractivity contribution in [1.29, 1.82) is 0 Å². The van der Waals surface area contributed by atoms with Crippen LogP contribution in [0.3, 0.4) is 0 Å². The van der Waals surface area contributed by atoms with E-state index in [1.807, 2.05) is 0 Å². The zero-order chi connectivity index (χ0) is 13.8. The highest BCUT2D eigenvalue weighted by Gasteiger charge is 2.15. The van der Waals surface area contributed by atoms with Crippen molar-refractivity contribution in [3.63, 3.8) is 0 Å². The first-order valence-corrected chi connectivity index (χ1v) is 6.13. The summed E-state index contributed by atoms with van der Waals surface area (Å²) >= 11 is 0. The summed E-state index contributed by atoms with van der Waals surface area (Å²) < 4.78 is 6.26. The Morgan fingerprint density at radius 1 is 1.32 bits per heavy atom. The summed E-state index contributed by atoms with van der Waals surface area (Å²) in [5.74, 6) is -0.516. The molecule has 1 heterocycles. The number of aryl methyl sites for hydroxylation is 1. The van der Waals surface area contributed by atoms with Crippen LogP contribution in [0.2, 0.25) is 0 Å². The van der Waals surface area contributed by atoms with E-state index in [4.69, 9.17) is 5.73 Å². The minimum atomic E-state index is -0.516. The van der Waals surface area contributed by atoms with E-state index in [1.54, 1.807) is 10.9 Å². The molecule has 0 fully saturated rings. The lowest BCUT2D eigenvalue weighted by Crippen LogP contribution is -2.07. The molecule has 0 bridgehead atoms. The van der Waals surface area contributed by atoms with Crippen LogP contribution < -0.4 is 5.73 Å². The lowest BCUT2D eigenvalue weighted by molar-refractivity contribution is 0.0594. The van der Waals surface area contributed by atoms with Gasteiger partial charge in [-0.05, 0) is 17.5 Å². The standard InChI is InChI=1S/C14H17N3O2/c1-3-10-4-6-11(7-5-10)8-17-9-12(15)13(16-17)14(18)19-2/h4-7,9H,3,8,15H2,1-2H3. The number of benzene rings is 1. The number of ether oxygens (including phenoxy) is 1. The highest BCUT2D eigenvalue weighted by Crippen LogP contribution is 2.12. The van der Waals surface area contributed by atoms with E-state index in [2.05, 4.69) is 41.0 Å². The number of aromatic nitrogens is 2. The molecule has 0 amide bonds. The monoisotopic (exact) mass is 259 g/mol. The molecule has 0 aliphatic heterocycles. The first-order valence-electron chi connectivity index (χ1n) is 6.13. The number of esters is 1. The van der Waals surface area contributed by atoms with Gasteiger partial charge in [0.25, 0.3) is 0 Å². The molecular weight excluding hydrogens is 242 g/mol. The summed E-state index contributed by atoms with van der Waals surface area (Å²) in [6, 6.07) is 8.27. The Morgan fingerprint density at radius 3 is 2.53 bits per heavy atom. The summed E-state index contributed by atoms with van der Waals surface area (Å²) in [7, 11) is 1.31. The molecule has 5 heteroatoms. The molecule has 100 valence electrons. The fraction of sp³-hybridized carbons (Fsp3) is 0.286. The minimum absolute atomic E-state index is 0.160. The van der Waals surface area contributed by atoms with Crippen molar-refractivity contribution in [2.45, 2.75) is 19.9 Å². The molecule has 2 N–H and O–H groups in total. The molecule has 0 unspecified atom stereocenters. The van der Waals surface area contributed by atoms with Crippen molar-refractivity contribution in [2.24, 2.45) is 0 Å². The predicted octanol–water partition coefficient (Wildman–Crippen LogP) is 1.86. The first-order chi connectivity index (χ1) is 9.13. The lowest BCUT2D eigenvalue weighted by Gasteiger charge is -2.03. The molecule has 0 atom stereocenters. The van der Waals surface area contributed by atoms with Crippen molar-refractivity contribution < 1.29 is 9.53 Å². The summed E-state index contributed by atoms with van der Waals surface area (Å²) in [4.78, 5) is 11.4. The maximum Gasteiger partial charge on any atom is 0.360 e. The van der Waals surface area contributed by atoms with Gasteiger partial charge in [0, 0.05) is 6.20 Å². The average molecular weight is 259 g/mol. The number of nitrogen functional groups attached to an aromatic ring is 1. The quantitative estimate of drug-likeness (QED) is 0.851. The third-order valence-corrected chi connectivity index (χ3v) is 2.94. The smallest absolute Gasteiger partial charge is 0.360 e. The summed E-state index contributed by atoms with van der Waals surface area (Å²) in [5.41, 5.74) is 8.62. The number of hydrogen-bond donors (Lipinski definition) is 1. The Morgan fingerprint density at radius 2 is 1.95 bits per heavy atom. The van der Waals surface area contributed by atoms with Gasteiger partial charge in [0.2, 0.25) is 0 Å². The number of carbonyl (C=O) groups excluding carboxylic acids is 1. The molecule has 19 heavy (non-hydrogen) atoms. The topological polar surface area (TPSA) is 70.1 Å². The van der Waals surface area contributed by atoms with Crippen molar-refractivity contribution in [1.82, 2.24) is 9.78 Å². The van der Waals surface area contributed by atoms with Gasteiger partial charge < -0.3 is 10.5 Å². The molecule has 1 aromatic heterocycles. The number of nitrogens with zero attached hydrogens (tertiary/aromatic N) is 2. The Balaban J connectivity index is 2.16. The molecule has 0 spiro atoms. The van der Waals surface area contributed by atoms with Gasteiger partial charge in [-0.15, -0.1) is 0 Å².